The van der Waals surface area contributed by atoms with Gasteiger partial charge in [0, 0.05) is 5.69 Å². The molecule has 6 heteroatoms. The van der Waals surface area contributed by atoms with Crippen molar-refractivity contribution in [1.29, 1.82) is 0 Å². The molecule has 26 heavy (non-hydrogen) atoms. The largest absolute Gasteiger partial charge is 0.321 e. The van der Waals surface area contributed by atoms with Gasteiger partial charge in [0.15, 0.2) is 0 Å². The van der Waals surface area contributed by atoms with E-state index >= 15 is 0 Å². The predicted molar refractivity (Wildman–Crippen MR) is 97.7 cm³/mol. The summed E-state index contributed by atoms with van der Waals surface area (Å²) in [5.41, 5.74) is 1.80. The van der Waals surface area contributed by atoms with Crippen molar-refractivity contribution in [1.82, 2.24) is 4.98 Å². The molecule has 0 saturated carbocycles. The molecule has 130 valence electrons. The van der Waals surface area contributed by atoms with E-state index in [1.54, 1.807) is 18.2 Å². The van der Waals surface area contributed by atoms with Crippen LogP contribution in [-0.2, 0) is 0 Å². The molecule has 5 nitrogen and oxygen atoms in total. The number of pyridine rings is 1. The number of anilines is 2. The second kappa shape index (κ2) is 7.57. The minimum atomic E-state index is -0.597. The molecule has 2 aromatic carbocycles. The smallest absolute Gasteiger partial charge is 0.274 e. The summed E-state index contributed by atoms with van der Waals surface area (Å²) < 4.78 is 13.6. The molecule has 0 spiro atoms. The molecule has 0 radical (unpaired) electrons. The SMILES string of the molecule is Cc1cccc(NC(=O)c2cccc(C(=O)Nc3ccccc3F)n2)c1. The lowest BCUT2D eigenvalue weighted by atomic mass is 10.2. The number of hydrogen-bond donors (Lipinski definition) is 2. The van der Waals surface area contributed by atoms with Gasteiger partial charge in [-0.15, -0.1) is 0 Å². The third kappa shape index (κ3) is 4.10. The first-order valence-electron chi connectivity index (χ1n) is 7.94. The molecule has 1 heterocycles. The van der Waals surface area contributed by atoms with Crippen molar-refractivity contribution >= 4 is 23.2 Å². The number of amides is 2. The monoisotopic (exact) mass is 349 g/mol. The van der Waals surface area contributed by atoms with Crippen LogP contribution in [0, 0.1) is 12.7 Å². The van der Waals surface area contributed by atoms with E-state index in [0.29, 0.717) is 5.69 Å². The number of nitrogens with one attached hydrogen (secondary N) is 2. The molecule has 0 saturated heterocycles. The number of nitrogens with zero attached hydrogens (tertiary/aromatic N) is 1. The summed E-state index contributed by atoms with van der Waals surface area (Å²) in [6.07, 6.45) is 0. The average molecular weight is 349 g/mol. The Morgan fingerprint density at radius 2 is 1.50 bits per heavy atom. The molecule has 1 aromatic heterocycles. The topological polar surface area (TPSA) is 71.1 Å². The first-order chi connectivity index (χ1) is 12.5. The molecule has 2 amide bonds. The van der Waals surface area contributed by atoms with Gasteiger partial charge in [-0.05, 0) is 48.9 Å². The van der Waals surface area contributed by atoms with E-state index in [-0.39, 0.29) is 17.1 Å². The average Bonchev–Trinajstić information content (AvgIpc) is 2.63. The van der Waals surface area contributed by atoms with Gasteiger partial charge in [0.1, 0.15) is 17.2 Å². The minimum absolute atomic E-state index is 0.0187. The fourth-order valence-corrected chi connectivity index (χ4v) is 2.35. The van der Waals surface area contributed by atoms with Gasteiger partial charge < -0.3 is 10.6 Å². The molecular weight excluding hydrogens is 333 g/mol. The van der Waals surface area contributed by atoms with Gasteiger partial charge in [-0.1, -0.05) is 30.3 Å². The summed E-state index contributed by atoms with van der Waals surface area (Å²) in [7, 11) is 0. The standard InChI is InChI=1S/C20H16FN3O2/c1-13-6-4-7-14(12-13)22-19(25)17-10-5-11-18(23-17)20(26)24-16-9-3-2-8-15(16)21/h2-12H,1H3,(H,22,25)(H,24,26). The number of aromatic nitrogens is 1. The van der Waals surface area contributed by atoms with Crippen LogP contribution in [-0.4, -0.2) is 16.8 Å². The van der Waals surface area contributed by atoms with E-state index in [1.807, 2.05) is 25.1 Å². The zero-order valence-corrected chi connectivity index (χ0v) is 14.0. The first-order valence-corrected chi connectivity index (χ1v) is 7.94. The van der Waals surface area contributed by atoms with Crippen LogP contribution in [0.5, 0.6) is 0 Å². The Labute approximate surface area is 149 Å². The van der Waals surface area contributed by atoms with E-state index in [9.17, 15) is 14.0 Å². The summed E-state index contributed by atoms with van der Waals surface area (Å²) in [5, 5.41) is 5.17. The number of rotatable bonds is 4. The molecule has 2 N–H and O–H groups in total. The lowest BCUT2D eigenvalue weighted by Gasteiger charge is -2.08. The zero-order chi connectivity index (χ0) is 18.5. The summed E-state index contributed by atoms with van der Waals surface area (Å²) in [4.78, 5) is 28.7. The van der Waals surface area contributed by atoms with Gasteiger partial charge in [0.2, 0.25) is 0 Å². The van der Waals surface area contributed by atoms with Crippen LogP contribution >= 0.6 is 0 Å². The minimum Gasteiger partial charge on any atom is -0.321 e. The summed E-state index contributed by atoms with van der Waals surface area (Å²) >= 11 is 0. The predicted octanol–water partition coefficient (Wildman–Crippen LogP) is 4.03. The molecule has 0 fully saturated rings. The quantitative estimate of drug-likeness (QED) is 0.747. The highest BCUT2D eigenvalue weighted by Gasteiger charge is 2.14. The number of carbonyl (C=O) groups excluding carboxylic acids is 2. The zero-order valence-electron chi connectivity index (χ0n) is 14.0. The van der Waals surface area contributed by atoms with Crippen LogP contribution in [0.2, 0.25) is 0 Å². The number of benzene rings is 2. The van der Waals surface area contributed by atoms with Gasteiger partial charge in [0.25, 0.3) is 11.8 Å². The number of carbonyl (C=O) groups is 2. The second-order valence-electron chi connectivity index (χ2n) is 5.67. The van der Waals surface area contributed by atoms with Gasteiger partial charge in [0.05, 0.1) is 5.69 Å². The Morgan fingerprint density at radius 1 is 0.846 bits per heavy atom. The Morgan fingerprint density at radius 3 is 2.19 bits per heavy atom. The number of para-hydroxylation sites is 1. The number of aryl methyl sites for hydroxylation is 1. The van der Waals surface area contributed by atoms with Crippen LogP contribution in [0.3, 0.4) is 0 Å². The second-order valence-corrected chi connectivity index (χ2v) is 5.67. The molecule has 0 aliphatic carbocycles. The molecule has 0 aliphatic rings. The molecular formula is C20H16FN3O2. The van der Waals surface area contributed by atoms with E-state index in [1.165, 1.54) is 30.3 Å². The van der Waals surface area contributed by atoms with E-state index in [0.717, 1.165) is 5.56 Å². The van der Waals surface area contributed by atoms with Gasteiger partial charge in [-0.3, -0.25) is 9.59 Å². The van der Waals surface area contributed by atoms with Crippen molar-refractivity contribution in [2.24, 2.45) is 0 Å². The van der Waals surface area contributed by atoms with Crippen molar-refractivity contribution in [3.63, 3.8) is 0 Å². The molecule has 0 bridgehead atoms. The van der Waals surface area contributed by atoms with Crippen LogP contribution < -0.4 is 10.6 Å². The summed E-state index contributed by atoms with van der Waals surface area (Å²) in [6.45, 7) is 1.92. The first kappa shape index (κ1) is 17.3. The molecule has 0 aliphatic heterocycles. The van der Waals surface area contributed by atoms with E-state index < -0.39 is 17.6 Å². The summed E-state index contributed by atoms with van der Waals surface area (Å²) in [5.74, 6) is -1.58. The number of hydrogen-bond acceptors (Lipinski definition) is 3. The highest BCUT2D eigenvalue weighted by Crippen LogP contribution is 2.14. The van der Waals surface area contributed by atoms with Crippen molar-refractivity contribution in [2.75, 3.05) is 10.6 Å². The molecule has 0 atom stereocenters. The van der Waals surface area contributed by atoms with Crippen molar-refractivity contribution < 1.29 is 14.0 Å². The maximum Gasteiger partial charge on any atom is 0.274 e. The Hall–Kier alpha value is -3.54. The fourth-order valence-electron chi connectivity index (χ4n) is 2.35. The maximum absolute atomic E-state index is 13.6. The Kier molecular flexibility index (Phi) is 5.03. The third-order valence-electron chi connectivity index (χ3n) is 3.61. The van der Waals surface area contributed by atoms with E-state index in [2.05, 4.69) is 15.6 Å². The Bertz CT molecular complexity index is 973. The van der Waals surface area contributed by atoms with Crippen molar-refractivity contribution in [3.05, 3.63) is 89.5 Å². The van der Waals surface area contributed by atoms with Gasteiger partial charge >= 0.3 is 0 Å². The lowest BCUT2D eigenvalue weighted by molar-refractivity contribution is 0.101. The highest BCUT2D eigenvalue weighted by atomic mass is 19.1. The Balaban J connectivity index is 1.76. The molecule has 3 aromatic rings. The van der Waals surface area contributed by atoms with Crippen LogP contribution in [0.25, 0.3) is 0 Å². The third-order valence-corrected chi connectivity index (χ3v) is 3.61. The van der Waals surface area contributed by atoms with Crippen LogP contribution in [0.1, 0.15) is 26.5 Å². The van der Waals surface area contributed by atoms with Gasteiger partial charge in [-0.2, -0.15) is 0 Å². The normalized spacial score (nSPS) is 10.2. The number of halogens is 1. The highest BCUT2D eigenvalue weighted by molar-refractivity contribution is 6.06. The van der Waals surface area contributed by atoms with Gasteiger partial charge in [-0.25, -0.2) is 9.37 Å². The van der Waals surface area contributed by atoms with Crippen molar-refractivity contribution in [3.8, 4) is 0 Å². The molecule has 0 unspecified atom stereocenters. The molecule has 3 rings (SSSR count). The van der Waals surface area contributed by atoms with Crippen LogP contribution in [0.15, 0.2) is 66.7 Å². The lowest BCUT2D eigenvalue weighted by Crippen LogP contribution is -2.19. The van der Waals surface area contributed by atoms with Crippen LogP contribution in [0.4, 0.5) is 15.8 Å². The summed E-state index contributed by atoms with van der Waals surface area (Å²) in [6, 6.07) is 17.7. The maximum atomic E-state index is 13.6. The van der Waals surface area contributed by atoms with Crippen molar-refractivity contribution in [2.45, 2.75) is 6.92 Å². The van der Waals surface area contributed by atoms with E-state index in [4.69, 9.17) is 0 Å². The fraction of sp³-hybridized carbons (Fsp3) is 0.0500.